The number of methoxy groups -OCH3 is 1. The lowest BCUT2D eigenvalue weighted by atomic mass is 9.83. The van der Waals surface area contributed by atoms with Crippen LogP contribution in [0.15, 0.2) is 84.9 Å². The first-order valence-electron chi connectivity index (χ1n) is 26.8. The van der Waals surface area contributed by atoms with Gasteiger partial charge in [-0.2, -0.15) is 0 Å². The lowest BCUT2D eigenvalue weighted by Gasteiger charge is -2.30. The van der Waals surface area contributed by atoms with Crippen molar-refractivity contribution in [2.45, 2.75) is 140 Å². The zero-order valence-corrected chi connectivity index (χ0v) is 46.4. The maximum Gasteiger partial charge on any atom is 0.306 e. The second-order valence-electron chi connectivity index (χ2n) is 21.1. The van der Waals surface area contributed by atoms with Gasteiger partial charge >= 0.3 is 11.9 Å². The molecule has 78 heavy (non-hydrogen) atoms. The Morgan fingerprint density at radius 3 is 1.31 bits per heavy atom. The third kappa shape index (κ3) is 11.1. The summed E-state index contributed by atoms with van der Waals surface area (Å²) in [6.07, 6.45) is 1.77. The number of benzene rings is 6. The summed E-state index contributed by atoms with van der Waals surface area (Å²) in [5.74, 6) is -1.56. The fraction of sp³-hybridized carbons (Fsp3) is 0.375. The van der Waals surface area contributed by atoms with Crippen LogP contribution in [0.1, 0.15) is 156 Å². The number of carboxylic acid groups (broad SMARTS) is 1. The normalized spacial score (nSPS) is 13.7. The number of hydrogen-bond donors (Lipinski definition) is 1. The molecule has 2 atom stereocenters. The molecule has 2 aromatic heterocycles. The maximum absolute atomic E-state index is 13.5. The van der Waals surface area contributed by atoms with E-state index in [0.29, 0.717) is 26.2 Å². The predicted molar refractivity (Wildman–Crippen MR) is 306 cm³/mol. The first-order chi connectivity index (χ1) is 36.9. The molecule has 2 amide bonds. The van der Waals surface area contributed by atoms with Gasteiger partial charge in [0.25, 0.3) is 11.8 Å². The molecular weight excluding hydrogens is 977 g/mol. The quantitative estimate of drug-likeness (QED) is 0.116. The maximum atomic E-state index is 13.5. The zero-order chi connectivity index (χ0) is 55.0. The minimum absolute atomic E-state index is 0. The standard InChI is InChI=1S/C32H36N4O3.C31H34N4O3.CH4/c1-7-36-29-11-10-27(22(5)31(29)33-34-36)28(17-30(37)39-6)24-9-8-23-12-13-35(18-26(23)16-24)32(38)25-14-19(2)21(4)20(3)15-25;1-6-35-28-10-9-26(21(5)30(28)32-33-35)27(16-29(36)37)23-8-7-22-11-12-34(17-25(22)15-23)31(38)24-13-18(2)20(4)19(3)14-24;/h8-11,14-16,28H,7,12-13,17-18H2,1-6H3;7-10,13-15,27H,6,11-12,16-17H2,1-5H3,(H,36,37);1H4. The molecule has 14 heteroatoms. The summed E-state index contributed by atoms with van der Waals surface area (Å²) < 4.78 is 8.81. The molecule has 8 aromatic rings. The highest BCUT2D eigenvalue weighted by Crippen LogP contribution is 2.38. The number of amides is 2. The number of esters is 1. The Bertz CT molecular complexity index is 3580. The summed E-state index contributed by atoms with van der Waals surface area (Å²) in [5, 5.41) is 27.1. The molecular formula is C64H74N8O6. The predicted octanol–water partition coefficient (Wildman–Crippen LogP) is 11.7. The Morgan fingerprint density at radius 1 is 0.538 bits per heavy atom. The summed E-state index contributed by atoms with van der Waals surface area (Å²) in [6.45, 7) is 24.3. The van der Waals surface area contributed by atoms with Crippen molar-refractivity contribution in [2.75, 3.05) is 20.2 Å². The Kier molecular flexibility index (Phi) is 16.8. The highest BCUT2D eigenvalue weighted by atomic mass is 16.5. The fourth-order valence-corrected chi connectivity index (χ4v) is 11.4. The monoisotopic (exact) mass is 1050 g/mol. The molecule has 10 rings (SSSR count). The van der Waals surface area contributed by atoms with E-state index in [2.05, 4.69) is 84.7 Å². The molecule has 0 saturated heterocycles. The molecule has 406 valence electrons. The van der Waals surface area contributed by atoms with Gasteiger partial charge in [0.2, 0.25) is 0 Å². The van der Waals surface area contributed by atoms with Crippen molar-refractivity contribution in [3.63, 3.8) is 0 Å². The van der Waals surface area contributed by atoms with E-state index < -0.39 is 5.97 Å². The molecule has 0 saturated carbocycles. The van der Waals surface area contributed by atoms with Crippen LogP contribution < -0.4 is 0 Å². The third-order valence-corrected chi connectivity index (χ3v) is 16.5. The van der Waals surface area contributed by atoms with E-state index >= 15 is 0 Å². The van der Waals surface area contributed by atoms with Crippen LogP contribution in [0.5, 0.6) is 0 Å². The van der Waals surface area contributed by atoms with Gasteiger partial charge in [-0.05, 0) is 207 Å². The van der Waals surface area contributed by atoms with Crippen molar-refractivity contribution in [3.8, 4) is 0 Å². The lowest BCUT2D eigenvalue weighted by molar-refractivity contribution is -0.141. The minimum atomic E-state index is -0.855. The van der Waals surface area contributed by atoms with Crippen LogP contribution >= 0.6 is 0 Å². The average Bonchev–Trinajstić information content (AvgIpc) is 4.07. The molecule has 1 N–H and O–H groups in total. The average molecular weight is 1050 g/mol. The van der Waals surface area contributed by atoms with E-state index in [9.17, 15) is 24.3 Å². The van der Waals surface area contributed by atoms with Gasteiger partial charge in [0.15, 0.2) is 0 Å². The zero-order valence-electron chi connectivity index (χ0n) is 46.4. The van der Waals surface area contributed by atoms with Gasteiger partial charge in [0, 0.05) is 62.2 Å². The van der Waals surface area contributed by atoms with E-state index in [1.54, 1.807) is 0 Å². The summed E-state index contributed by atoms with van der Waals surface area (Å²) in [6, 6.07) is 28.7. The van der Waals surface area contributed by atoms with E-state index in [0.717, 1.165) is 126 Å². The molecule has 0 aliphatic carbocycles. The van der Waals surface area contributed by atoms with Crippen molar-refractivity contribution in [2.24, 2.45) is 0 Å². The van der Waals surface area contributed by atoms with Crippen LogP contribution in [0.4, 0.5) is 0 Å². The van der Waals surface area contributed by atoms with Crippen LogP contribution in [0.3, 0.4) is 0 Å². The van der Waals surface area contributed by atoms with Crippen molar-refractivity contribution in [3.05, 3.63) is 185 Å². The molecule has 0 spiro atoms. The number of carbonyl (C=O) groups excluding carboxylic acids is 3. The number of carboxylic acids is 1. The van der Waals surface area contributed by atoms with E-state index in [4.69, 9.17) is 4.74 Å². The van der Waals surface area contributed by atoms with Gasteiger partial charge in [0.05, 0.1) is 31.0 Å². The molecule has 14 nitrogen and oxygen atoms in total. The van der Waals surface area contributed by atoms with Crippen LogP contribution in [0.25, 0.3) is 22.1 Å². The lowest BCUT2D eigenvalue weighted by Crippen LogP contribution is -2.36. The highest BCUT2D eigenvalue weighted by Gasteiger charge is 2.29. The smallest absolute Gasteiger partial charge is 0.306 e. The summed E-state index contributed by atoms with van der Waals surface area (Å²) in [4.78, 5) is 55.3. The second kappa shape index (κ2) is 23.3. The van der Waals surface area contributed by atoms with Crippen LogP contribution in [-0.4, -0.2) is 88.8 Å². The van der Waals surface area contributed by atoms with Gasteiger partial charge in [0.1, 0.15) is 11.0 Å². The topological polar surface area (TPSA) is 166 Å². The Balaban J connectivity index is 0.000000203. The van der Waals surface area contributed by atoms with Gasteiger partial charge in [-0.1, -0.05) is 66.4 Å². The Hall–Kier alpha value is -8.00. The van der Waals surface area contributed by atoms with Gasteiger partial charge in [-0.25, -0.2) is 9.36 Å². The molecule has 6 aromatic carbocycles. The number of hydrogen-bond acceptors (Lipinski definition) is 9. The van der Waals surface area contributed by atoms with Crippen molar-refractivity contribution >= 4 is 45.8 Å². The number of aryl methyl sites for hydroxylation is 8. The number of fused-ring (bicyclic) bond motifs is 4. The Labute approximate surface area is 458 Å². The van der Waals surface area contributed by atoms with Crippen LogP contribution in [-0.2, 0) is 53.3 Å². The Morgan fingerprint density at radius 2 is 0.936 bits per heavy atom. The first kappa shape index (κ1) is 56.2. The van der Waals surface area contributed by atoms with Crippen molar-refractivity contribution in [1.29, 1.82) is 0 Å². The van der Waals surface area contributed by atoms with E-state index in [1.807, 2.05) is 109 Å². The highest BCUT2D eigenvalue weighted by molar-refractivity contribution is 5.96. The fourth-order valence-electron chi connectivity index (χ4n) is 11.4. The molecule has 4 heterocycles. The molecule has 2 aliphatic heterocycles. The van der Waals surface area contributed by atoms with Gasteiger partial charge in [-0.3, -0.25) is 19.2 Å². The van der Waals surface area contributed by atoms with E-state index in [-0.39, 0.29) is 49.9 Å². The SMILES string of the molecule is C.CCn1nnc2c(C)c(C(CC(=O)O)c3ccc4c(c3)CN(C(=O)c3cc(C)c(C)c(C)c3)CC4)ccc21.CCn1nnc2c(C)c(C(CC(=O)OC)c3ccc4c(c3)CN(C(=O)c3cc(C)c(C)c(C)c3)CC4)ccc21. The van der Waals surface area contributed by atoms with Crippen LogP contribution in [0.2, 0.25) is 0 Å². The third-order valence-electron chi connectivity index (χ3n) is 16.5. The number of carbonyl (C=O) groups is 4. The first-order valence-corrected chi connectivity index (χ1v) is 26.8. The van der Waals surface area contributed by atoms with Gasteiger partial charge < -0.3 is 19.6 Å². The number of nitrogens with zero attached hydrogens (tertiary/aromatic N) is 8. The summed E-state index contributed by atoms with van der Waals surface area (Å²) in [7, 11) is 1.42. The summed E-state index contributed by atoms with van der Waals surface area (Å²) in [5.41, 5.74) is 22.6. The number of aromatic nitrogens is 6. The second-order valence-corrected chi connectivity index (χ2v) is 21.1. The molecule has 2 unspecified atom stereocenters. The summed E-state index contributed by atoms with van der Waals surface area (Å²) >= 11 is 0. The van der Waals surface area contributed by atoms with Crippen LogP contribution in [0, 0.1) is 55.4 Å². The molecule has 0 radical (unpaired) electrons. The molecule has 2 aliphatic rings. The van der Waals surface area contributed by atoms with Crippen molar-refractivity contribution in [1.82, 2.24) is 39.8 Å². The number of rotatable bonds is 12. The molecule has 0 bridgehead atoms. The van der Waals surface area contributed by atoms with E-state index in [1.165, 1.54) is 29.4 Å². The molecule has 0 fully saturated rings. The van der Waals surface area contributed by atoms with Crippen molar-refractivity contribution < 1.29 is 29.0 Å². The van der Waals surface area contributed by atoms with Gasteiger partial charge in [-0.15, -0.1) is 10.2 Å². The minimum Gasteiger partial charge on any atom is -0.481 e. The number of ether oxygens (including phenoxy) is 1. The largest absolute Gasteiger partial charge is 0.481 e. The number of aliphatic carboxylic acids is 1.